The number of nitrogens with zero attached hydrogens (tertiary/aromatic N) is 2. The molecule has 7 heteroatoms. The van der Waals surface area contributed by atoms with Crippen LogP contribution in [0.5, 0.6) is 0 Å². The maximum atomic E-state index is 12.8. The van der Waals surface area contributed by atoms with Crippen LogP contribution in [0.2, 0.25) is 0 Å². The molecule has 2 atom stereocenters. The van der Waals surface area contributed by atoms with Crippen molar-refractivity contribution in [2.75, 3.05) is 5.32 Å². The number of benzene rings is 2. The molecule has 144 valence electrons. The summed E-state index contributed by atoms with van der Waals surface area (Å²) in [5, 5.41) is 15.0. The molecule has 0 radical (unpaired) electrons. The van der Waals surface area contributed by atoms with Crippen LogP contribution in [0.1, 0.15) is 30.6 Å². The van der Waals surface area contributed by atoms with Crippen LogP contribution in [0.25, 0.3) is 10.6 Å². The van der Waals surface area contributed by atoms with Crippen molar-refractivity contribution in [3.05, 3.63) is 66.2 Å². The Morgan fingerprint density at radius 1 is 1.00 bits per heavy atom. The van der Waals surface area contributed by atoms with E-state index in [0.717, 1.165) is 17.0 Å². The van der Waals surface area contributed by atoms with Gasteiger partial charge in [0.15, 0.2) is 0 Å². The molecule has 2 amide bonds. The molecule has 6 nitrogen and oxygen atoms in total. The summed E-state index contributed by atoms with van der Waals surface area (Å²) < 4.78 is 0. The number of anilines is 1. The quantitative estimate of drug-likeness (QED) is 0.635. The summed E-state index contributed by atoms with van der Waals surface area (Å²) in [5.74, 6) is -0.605. The van der Waals surface area contributed by atoms with Crippen molar-refractivity contribution in [1.82, 2.24) is 15.5 Å². The highest BCUT2D eigenvalue weighted by Gasteiger charge is 2.27. The van der Waals surface area contributed by atoms with E-state index >= 15 is 0 Å². The van der Waals surface area contributed by atoms with Gasteiger partial charge in [-0.3, -0.25) is 14.9 Å². The van der Waals surface area contributed by atoms with Crippen molar-refractivity contribution >= 4 is 28.3 Å². The van der Waals surface area contributed by atoms with Gasteiger partial charge in [-0.1, -0.05) is 80.1 Å². The third-order valence-electron chi connectivity index (χ3n) is 4.49. The molecule has 0 spiro atoms. The number of aromatic nitrogens is 2. The summed E-state index contributed by atoms with van der Waals surface area (Å²) in [6, 6.07) is 17.9. The summed E-state index contributed by atoms with van der Waals surface area (Å²) in [6.45, 7) is 3.92. The third-order valence-corrected chi connectivity index (χ3v) is 5.38. The van der Waals surface area contributed by atoms with Gasteiger partial charge < -0.3 is 5.32 Å². The zero-order chi connectivity index (χ0) is 19.9. The van der Waals surface area contributed by atoms with Gasteiger partial charge >= 0.3 is 0 Å². The third kappa shape index (κ3) is 4.80. The second kappa shape index (κ2) is 9.23. The first kappa shape index (κ1) is 19.7. The van der Waals surface area contributed by atoms with Crippen molar-refractivity contribution in [1.29, 1.82) is 0 Å². The second-order valence-corrected chi connectivity index (χ2v) is 7.45. The maximum absolute atomic E-state index is 12.8. The highest BCUT2D eigenvalue weighted by Crippen LogP contribution is 2.26. The van der Waals surface area contributed by atoms with Gasteiger partial charge in [-0.2, -0.15) is 0 Å². The minimum atomic E-state index is -0.665. The molecular weight excluding hydrogens is 372 g/mol. The lowest BCUT2D eigenvalue weighted by Gasteiger charge is -2.23. The van der Waals surface area contributed by atoms with Gasteiger partial charge in [0.05, 0.1) is 0 Å². The van der Waals surface area contributed by atoms with Crippen molar-refractivity contribution in [2.45, 2.75) is 26.3 Å². The average Bonchev–Trinajstić information content (AvgIpc) is 3.21. The SMILES string of the molecule is CC[C@@H](C)[C@@H](NC(=O)c1ccccc1)C(=O)Nc1nnc(-c2ccccc2)s1. The predicted molar refractivity (Wildman–Crippen MR) is 111 cm³/mol. The fourth-order valence-corrected chi connectivity index (χ4v) is 3.42. The highest BCUT2D eigenvalue weighted by molar-refractivity contribution is 7.18. The summed E-state index contributed by atoms with van der Waals surface area (Å²) in [6.07, 6.45) is 0.749. The van der Waals surface area contributed by atoms with Gasteiger partial charge in [0.1, 0.15) is 11.0 Å². The van der Waals surface area contributed by atoms with Crippen molar-refractivity contribution < 1.29 is 9.59 Å². The van der Waals surface area contributed by atoms with E-state index < -0.39 is 6.04 Å². The van der Waals surface area contributed by atoms with Crippen LogP contribution in [0.15, 0.2) is 60.7 Å². The van der Waals surface area contributed by atoms with Crippen molar-refractivity contribution in [3.8, 4) is 10.6 Å². The maximum Gasteiger partial charge on any atom is 0.251 e. The normalized spacial score (nSPS) is 12.8. The minimum absolute atomic E-state index is 0.0332. The highest BCUT2D eigenvalue weighted by atomic mass is 32.1. The first-order valence-corrected chi connectivity index (χ1v) is 9.95. The van der Waals surface area contributed by atoms with Gasteiger partial charge in [0.2, 0.25) is 11.0 Å². The van der Waals surface area contributed by atoms with E-state index in [1.165, 1.54) is 11.3 Å². The Kier molecular flexibility index (Phi) is 6.49. The van der Waals surface area contributed by atoms with Crippen LogP contribution in [0.4, 0.5) is 5.13 Å². The molecule has 0 fully saturated rings. The van der Waals surface area contributed by atoms with Gasteiger partial charge in [-0.05, 0) is 18.1 Å². The summed E-state index contributed by atoms with van der Waals surface area (Å²) in [7, 11) is 0. The van der Waals surface area contributed by atoms with Crippen LogP contribution in [0, 0.1) is 5.92 Å². The number of nitrogens with one attached hydrogen (secondary N) is 2. The Morgan fingerprint density at radius 2 is 1.64 bits per heavy atom. The molecule has 1 heterocycles. The monoisotopic (exact) mass is 394 g/mol. The van der Waals surface area contributed by atoms with Crippen LogP contribution in [0.3, 0.4) is 0 Å². The summed E-state index contributed by atoms with van der Waals surface area (Å²) >= 11 is 1.30. The van der Waals surface area contributed by atoms with E-state index in [1.807, 2.05) is 50.2 Å². The molecule has 0 unspecified atom stereocenters. The summed E-state index contributed by atoms with van der Waals surface area (Å²) in [5.41, 5.74) is 1.46. The molecule has 2 N–H and O–H groups in total. The average molecular weight is 395 g/mol. The Labute approximate surface area is 168 Å². The number of hydrogen-bond donors (Lipinski definition) is 2. The number of hydrogen-bond acceptors (Lipinski definition) is 5. The molecule has 1 aromatic heterocycles. The predicted octanol–water partition coefficient (Wildman–Crippen LogP) is 3.99. The summed E-state index contributed by atoms with van der Waals surface area (Å²) in [4.78, 5) is 25.3. The van der Waals surface area contributed by atoms with Crippen LogP contribution in [-0.4, -0.2) is 28.1 Å². The molecule has 0 aliphatic rings. The fraction of sp³-hybridized carbons (Fsp3) is 0.238. The molecule has 0 saturated heterocycles. The molecule has 0 aliphatic heterocycles. The Bertz CT molecular complexity index is 928. The largest absolute Gasteiger partial charge is 0.340 e. The van der Waals surface area contributed by atoms with E-state index in [1.54, 1.807) is 24.3 Å². The first-order chi connectivity index (χ1) is 13.6. The smallest absolute Gasteiger partial charge is 0.251 e. The molecule has 2 aromatic carbocycles. The lowest BCUT2D eigenvalue weighted by molar-refractivity contribution is -0.119. The van der Waals surface area contributed by atoms with E-state index in [-0.39, 0.29) is 17.7 Å². The van der Waals surface area contributed by atoms with E-state index in [2.05, 4.69) is 20.8 Å². The van der Waals surface area contributed by atoms with Crippen LogP contribution < -0.4 is 10.6 Å². The zero-order valence-electron chi connectivity index (χ0n) is 15.8. The molecule has 0 saturated carbocycles. The topological polar surface area (TPSA) is 84.0 Å². The Morgan fingerprint density at radius 3 is 2.29 bits per heavy atom. The van der Waals surface area contributed by atoms with Crippen LogP contribution in [-0.2, 0) is 4.79 Å². The van der Waals surface area contributed by atoms with Gasteiger partial charge in [-0.15, -0.1) is 10.2 Å². The number of rotatable bonds is 7. The van der Waals surface area contributed by atoms with Gasteiger partial charge in [0, 0.05) is 11.1 Å². The Balaban J connectivity index is 1.72. The molecular formula is C21H22N4O2S. The van der Waals surface area contributed by atoms with E-state index in [0.29, 0.717) is 10.7 Å². The lowest BCUT2D eigenvalue weighted by Crippen LogP contribution is -2.47. The van der Waals surface area contributed by atoms with Crippen molar-refractivity contribution in [3.63, 3.8) is 0 Å². The fourth-order valence-electron chi connectivity index (χ4n) is 2.67. The standard InChI is InChI=1S/C21H22N4O2S/c1-3-14(2)17(22-18(26)15-10-6-4-7-11-15)19(27)23-21-25-24-20(28-21)16-12-8-5-9-13-16/h4-14,17H,3H2,1-2H3,(H,22,26)(H,23,25,27)/t14-,17-/m1/s1. The van der Waals surface area contributed by atoms with Gasteiger partial charge in [-0.25, -0.2) is 0 Å². The van der Waals surface area contributed by atoms with Crippen LogP contribution >= 0.6 is 11.3 Å². The second-order valence-electron chi connectivity index (χ2n) is 6.47. The molecule has 0 aliphatic carbocycles. The minimum Gasteiger partial charge on any atom is -0.340 e. The molecule has 3 rings (SSSR count). The van der Waals surface area contributed by atoms with Crippen molar-refractivity contribution in [2.24, 2.45) is 5.92 Å². The molecule has 3 aromatic rings. The molecule has 0 bridgehead atoms. The Hall–Kier alpha value is -3.06. The first-order valence-electron chi connectivity index (χ1n) is 9.14. The van der Waals surface area contributed by atoms with Gasteiger partial charge in [0.25, 0.3) is 5.91 Å². The zero-order valence-corrected chi connectivity index (χ0v) is 16.6. The van der Waals surface area contributed by atoms with E-state index in [9.17, 15) is 9.59 Å². The number of carbonyl (C=O) groups excluding carboxylic acids is 2. The molecule has 28 heavy (non-hydrogen) atoms. The lowest BCUT2D eigenvalue weighted by atomic mass is 9.98. The van der Waals surface area contributed by atoms with E-state index in [4.69, 9.17) is 0 Å². The number of carbonyl (C=O) groups is 2. The number of amides is 2.